The Morgan fingerprint density at radius 1 is 0.786 bits per heavy atom. The zero-order valence-corrected chi connectivity index (χ0v) is 39.4. The number of hydrogen-bond acceptors (Lipinski definition) is 10. The second kappa shape index (κ2) is 27.3. The first-order valence-electron chi connectivity index (χ1n) is 23.7. The Morgan fingerprint density at radius 3 is 2.20 bits per heavy atom. The highest BCUT2D eigenvalue weighted by molar-refractivity contribution is 5.97. The van der Waals surface area contributed by atoms with Crippen LogP contribution in [0.15, 0.2) is 78.3 Å². The molecule has 2 aromatic heterocycles. The minimum Gasteiger partial charge on any atom is -0.370 e. The molecule has 1 aliphatic heterocycles. The molecule has 22 nitrogen and oxygen atoms in total. The normalized spacial score (nSPS) is 20.2. The smallest absolute Gasteiger partial charge is 0.243 e. The molecule has 376 valence electrons. The summed E-state index contributed by atoms with van der Waals surface area (Å²) in [5.74, 6) is -5.92. The van der Waals surface area contributed by atoms with E-state index in [9.17, 15) is 38.4 Å². The van der Waals surface area contributed by atoms with Crippen molar-refractivity contribution in [2.45, 2.75) is 127 Å². The molecule has 1 fully saturated rings. The van der Waals surface area contributed by atoms with Crippen molar-refractivity contribution in [3.63, 3.8) is 0 Å². The third kappa shape index (κ3) is 17.1. The predicted molar refractivity (Wildman–Crippen MR) is 261 cm³/mol. The van der Waals surface area contributed by atoms with Gasteiger partial charge in [0.15, 0.2) is 5.96 Å². The van der Waals surface area contributed by atoms with E-state index in [1.54, 1.807) is 36.5 Å². The van der Waals surface area contributed by atoms with Crippen LogP contribution >= 0.6 is 0 Å². The Bertz CT molecular complexity index is 2420. The summed E-state index contributed by atoms with van der Waals surface area (Å²) in [5.41, 5.74) is 19.5. The molecule has 0 saturated carbocycles. The molecule has 1 aliphatic rings. The molecule has 4 aromatic rings. The first-order chi connectivity index (χ1) is 33.7. The van der Waals surface area contributed by atoms with E-state index in [4.69, 9.17) is 17.2 Å². The van der Waals surface area contributed by atoms with Crippen LogP contribution in [0.4, 0.5) is 0 Å². The molecule has 0 bridgehead atoms. The van der Waals surface area contributed by atoms with Crippen LogP contribution in [0.3, 0.4) is 0 Å². The SMILES string of the molecule is CCCCCCC(=O)N[C@H]1CCC(=O)NCCC(C(=O)N[C@@H](Cc2c[nH]c3ccccc23)C(N)=O)NC(=O)[C@H](CCCN=C(N)N)NC(=O)[C@@H](Cc2ccccc2)NC(=O)[C@H](Cc2cnc[nH]2)NC1=O. The number of guanidine groups is 1. The largest absolute Gasteiger partial charge is 0.370 e. The second-order valence-electron chi connectivity index (χ2n) is 17.3. The van der Waals surface area contributed by atoms with Gasteiger partial charge in [0, 0.05) is 74.2 Å². The Balaban J connectivity index is 1.49. The van der Waals surface area contributed by atoms with E-state index in [2.05, 4.69) is 57.2 Å². The van der Waals surface area contributed by atoms with E-state index in [-0.39, 0.29) is 76.8 Å². The molecule has 15 N–H and O–H groups in total. The van der Waals surface area contributed by atoms with Crippen LogP contribution < -0.4 is 54.4 Å². The summed E-state index contributed by atoms with van der Waals surface area (Å²) >= 11 is 0. The molecule has 0 spiro atoms. The minimum atomic E-state index is -1.40. The number of imidazole rings is 1. The number of aromatic amines is 2. The van der Waals surface area contributed by atoms with Gasteiger partial charge in [0.25, 0.3) is 0 Å². The molecule has 2 aromatic carbocycles. The molecule has 5 rings (SSSR count). The number of carbonyl (C=O) groups excluding carboxylic acids is 8. The van der Waals surface area contributed by atoms with Gasteiger partial charge < -0.3 is 64.4 Å². The molecule has 22 heteroatoms. The number of nitrogens with zero attached hydrogens (tertiary/aromatic N) is 2. The Labute approximate surface area is 405 Å². The lowest BCUT2D eigenvalue weighted by atomic mass is 10.0. The van der Waals surface area contributed by atoms with Gasteiger partial charge in [-0.1, -0.05) is 74.7 Å². The maximum Gasteiger partial charge on any atom is 0.243 e. The highest BCUT2D eigenvalue weighted by atomic mass is 16.2. The summed E-state index contributed by atoms with van der Waals surface area (Å²) in [6.07, 6.45) is 7.33. The second-order valence-corrected chi connectivity index (χ2v) is 17.3. The molecule has 70 heavy (non-hydrogen) atoms. The standard InChI is InChI=1S/C48H66N14O8/c1-2-3-4-8-17-41(64)57-35-18-19-40(63)53-22-20-36(45(68)60-37(42(49)65)24-30-26-55-33-15-10-9-14-32(30)33)59-43(66)34(16-11-21-54-48(50)51)58-46(69)38(23-29-12-6-5-7-13-29)61-47(70)39(62-44(35)67)25-31-27-52-28-56-31/h5-7,9-10,12-15,26-28,34-39,55H,2-4,8,11,16-25H2,1H3,(H2,49,65)(H,52,56)(H,53,63)(H,57,64)(H,58,69)(H,59,66)(H,60,68)(H,61,70)(H,62,67)(H4,50,51,54)/t34-,35-,36?,37-,38+,39-/m0/s1. The number of H-pyrrole nitrogens is 2. The molecule has 0 aliphatic carbocycles. The van der Waals surface area contributed by atoms with E-state index in [1.165, 1.54) is 12.5 Å². The number of aliphatic imine (C=N–C) groups is 1. The number of nitrogens with two attached hydrogens (primary N) is 3. The number of para-hydroxylation sites is 1. The number of unbranched alkanes of at least 4 members (excludes halogenated alkanes) is 3. The molecule has 1 saturated heterocycles. The number of benzene rings is 2. The first-order valence-corrected chi connectivity index (χ1v) is 23.7. The lowest BCUT2D eigenvalue weighted by Gasteiger charge is -2.27. The highest BCUT2D eigenvalue weighted by Gasteiger charge is 2.34. The van der Waals surface area contributed by atoms with E-state index in [0.717, 1.165) is 30.2 Å². The summed E-state index contributed by atoms with van der Waals surface area (Å²) in [6.45, 7) is 1.94. The van der Waals surface area contributed by atoms with Gasteiger partial charge in [0.1, 0.15) is 36.3 Å². The monoisotopic (exact) mass is 967 g/mol. The van der Waals surface area contributed by atoms with E-state index in [1.807, 2.05) is 31.2 Å². The lowest BCUT2D eigenvalue weighted by Crippen LogP contribution is -2.60. The third-order valence-electron chi connectivity index (χ3n) is 11.8. The van der Waals surface area contributed by atoms with Gasteiger partial charge in [-0.2, -0.15) is 0 Å². The number of nitrogens with one attached hydrogen (secondary N) is 9. The van der Waals surface area contributed by atoms with Gasteiger partial charge in [-0.25, -0.2) is 4.98 Å². The Morgan fingerprint density at radius 2 is 1.49 bits per heavy atom. The van der Waals surface area contributed by atoms with Gasteiger partial charge in [0.2, 0.25) is 47.3 Å². The number of primary amides is 1. The van der Waals surface area contributed by atoms with Gasteiger partial charge in [-0.3, -0.25) is 43.3 Å². The maximum absolute atomic E-state index is 14.5. The zero-order chi connectivity index (χ0) is 50.4. The van der Waals surface area contributed by atoms with Crippen molar-refractivity contribution < 1.29 is 38.4 Å². The van der Waals surface area contributed by atoms with Crippen molar-refractivity contribution in [3.05, 3.63) is 90.1 Å². The summed E-state index contributed by atoms with van der Waals surface area (Å²) < 4.78 is 0. The maximum atomic E-state index is 14.5. The lowest BCUT2D eigenvalue weighted by molar-refractivity contribution is -0.135. The third-order valence-corrected chi connectivity index (χ3v) is 11.8. The van der Waals surface area contributed by atoms with Crippen LogP contribution in [-0.4, -0.2) is 118 Å². The van der Waals surface area contributed by atoms with Crippen LogP contribution in [0.1, 0.15) is 88.0 Å². The fourth-order valence-electron chi connectivity index (χ4n) is 8.00. The summed E-state index contributed by atoms with van der Waals surface area (Å²) in [5, 5.41) is 19.9. The number of fused-ring (bicyclic) bond motifs is 1. The van der Waals surface area contributed by atoms with Crippen molar-refractivity contribution in [3.8, 4) is 0 Å². The van der Waals surface area contributed by atoms with Crippen LogP contribution in [0.25, 0.3) is 10.9 Å². The topological polar surface area (TPSA) is 356 Å². The van der Waals surface area contributed by atoms with Gasteiger partial charge in [-0.15, -0.1) is 0 Å². The number of amides is 8. The molecule has 0 radical (unpaired) electrons. The molecule has 6 atom stereocenters. The van der Waals surface area contributed by atoms with Gasteiger partial charge in [0.05, 0.1) is 6.33 Å². The summed E-state index contributed by atoms with van der Waals surface area (Å²) in [7, 11) is 0. The number of hydrogen-bond donors (Lipinski definition) is 12. The molecule has 3 heterocycles. The van der Waals surface area contributed by atoms with Crippen LogP contribution in [-0.2, 0) is 57.6 Å². The Hall–Kier alpha value is -7.78. The van der Waals surface area contributed by atoms with Gasteiger partial charge in [-0.05, 0) is 49.3 Å². The number of aromatic nitrogens is 3. The average molecular weight is 967 g/mol. The number of carbonyl (C=O) groups is 8. The van der Waals surface area contributed by atoms with Crippen LogP contribution in [0, 0.1) is 0 Å². The summed E-state index contributed by atoms with van der Waals surface area (Å²) in [6, 6.07) is 8.31. The summed E-state index contributed by atoms with van der Waals surface area (Å²) in [4.78, 5) is 125. The average Bonchev–Trinajstić information content (AvgIpc) is 4.01. The van der Waals surface area contributed by atoms with Crippen molar-refractivity contribution in [1.29, 1.82) is 0 Å². The molecular formula is C48H66N14O8. The minimum absolute atomic E-state index is 0.00720. The number of rotatable bonds is 19. The first kappa shape index (κ1) is 53.2. The zero-order valence-electron chi connectivity index (χ0n) is 39.4. The van der Waals surface area contributed by atoms with Crippen molar-refractivity contribution in [2.24, 2.45) is 22.2 Å². The van der Waals surface area contributed by atoms with E-state index >= 15 is 0 Å². The van der Waals surface area contributed by atoms with Gasteiger partial charge >= 0.3 is 0 Å². The van der Waals surface area contributed by atoms with Crippen molar-refractivity contribution >= 4 is 64.1 Å². The van der Waals surface area contributed by atoms with Crippen LogP contribution in [0.5, 0.6) is 0 Å². The quantitative estimate of drug-likeness (QED) is 0.0327. The molecule has 8 amide bonds. The van der Waals surface area contributed by atoms with Crippen molar-refractivity contribution in [1.82, 2.24) is 52.2 Å². The predicted octanol–water partition coefficient (Wildman–Crippen LogP) is -0.363. The van der Waals surface area contributed by atoms with E-state index in [0.29, 0.717) is 23.2 Å². The fourth-order valence-corrected chi connectivity index (χ4v) is 8.00. The van der Waals surface area contributed by atoms with E-state index < -0.39 is 83.5 Å². The molecule has 1 unspecified atom stereocenters. The highest BCUT2D eigenvalue weighted by Crippen LogP contribution is 2.19. The molecular weight excluding hydrogens is 901 g/mol. The van der Waals surface area contributed by atoms with Crippen LogP contribution in [0.2, 0.25) is 0 Å². The van der Waals surface area contributed by atoms with Crippen molar-refractivity contribution in [2.75, 3.05) is 13.1 Å². The Kier molecular flexibility index (Phi) is 20.7. The fraction of sp³-hybridized carbons (Fsp3) is 0.458.